The SMILES string of the molecule is CCNC(=O)[C@H](Cc1ccccc1)N(Cc1ccc(F)cc1)C(=O)CSCc1ccc(Br)cc1. The Bertz CT molecular complexity index is 1060. The molecule has 0 aliphatic carbocycles. The van der Waals surface area contributed by atoms with Gasteiger partial charge in [0.15, 0.2) is 0 Å². The zero-order valence-corrected chi connectivity index (χ0v) is 21.4. The molecule has 0 fully saturated rings. The first-order valence-corrected chi connectivity index (χ1v) is 13.1. The van der Waals surface area contributed by atoms with Crippen LogP contribution in [0.1, 0.15) is 23.6 Å². The standard InChI is InChI=1S/C27H28BrFN2O2S/c1-2-30-27(33)25(16-20-6-4-3-5-7-20)31(17-21-10-14-24(29)15-11-21)26(32)19-34-18-22-8-12-23(28)13-9-22/h3-15,25H,2,16-19H2,1H3,(H,30,33)/t25-/m0/s1. The van der Waals surface area contributed by atoms with Crippen LogP contribution in [0, 0.1) is 5.82 Å². The van der Waals surface area contributed by atoms with E-state index in [1.54, 1.807) is 17.0 Å². The van der Waals surface area contributed by atoms with Crippen LogP contribution < -0.4 is 5.32 Å². The van der Waals surface area contributed by atoms with Crippen LogP contribution in [-0.2, 0) is 28.3 Å². The van der Waals surface area contributed by atoms with E-state index in [0.717, 1.165) is 21.2 Å². The van der Waals surface area contributed by atoms with Crippen LogP contribution in [-0.4, -0.2) is 35.1 Å². The number of carbonyl (C=O) groups excluding carboxylic acids is 2. The van der Waals surface area contributed by atoms with Crippen LogP contribution in [0.15, 0.2) is 83.3 Å². The predicted octanol–water partition coefficient (Wildman–Crippen LogP) is 5.60. The molecule has 0 aliphatic rings. The van der Waals surface area contributed by atoms with Crippen LogP contribution in [0.25, 0.3) is 0 Å². The average molecular weight is 544 g/mol. The van der Waals surface area contributed by atoms with Crippen molar-refractivity contribution in [2.45, 2.75) is 31.7 Å². The van der Waals surface area contributed by atoms with E-state index in [2.05, 4.69) is 21.2 Å². The number of hydrogen-bond acceptors (Lipinski definition) is 3. The number of benzene rings is 3. The van der Waals surface area contributed by atoms with Crippen molar-refractivity contribution >= 4 is 39.5 Å². The molecule has 3 aromatic rings. The van der Waals surface area contributed by atoms with E-state index in [-0.39, 0.29) is 29.9 Å². The Labute approximate surface area is 213 Å². The zero-order valence-electron chi connectivity index (χ0n) is 19.0. The molecule has 2 amide bonds. The monoisotopic (exact) mass is 542 g/mol. The van der Waals surface area contributed by atoms with Crippen molar-refractivity contribution in [3.05, 3.63) is 106 Å². The summed E-state index contributed by atoms with van der Waals surface area (Å²) in [5.74, 6) is 0.269. The fourth-order valence-electron chi connectivity index (χ4n) is 3.55. The molecule has 0 spiro atoms. The number of halogens is 2. The van der Waals surface area contributed by atoms with Crippen molar-refractivity contribution in [3.8, 4) is 0 Å². The summed E-state index contributed by atoms with van der Waals surface area (Å²) in [6.07, 6.45) is 0.400. The normalized spacial score (nSPS) is 11.6. The number of nitrogens with zero attached hydrogens (tertiary/aromatic N) is 1. The van der Waals surface area contributed by atoms with Gasteiger partial charge in [-0.25, -0.2) is 4.39 Å². The Balaban J connectivity index is 1.81. The van der Waals surface area contributed by atoms with E-state index in [4.69, 9.17) is 0 Å². The quantitative estimate of drug-likeness (QED) is 0.343. The molecule has 0 heterocycles. The number of hydrogen-bond donors (Lipinski definition) is 1. The maximum atomic E-state index is 13.5. The summed E-state index contributed by atoms with van der Waals surface area (Å²) in [6.45, 7) is 2.56. The van der Waals surface area contributed by atoms with Crippen LogP contribution in [0.2, 0.25) is 0 Å². The maximum Gasteiger partial charge on any atom is 0.243 e. The fraction of sp³-hybridized carbons (Fsp3) is 0.259. The minimum Gasteiger partial charge on any atom is -0.355 e. The van der Waals surface area contributed by atoms with E-state index in [1.807, 2.05) is 61.5 Å². The predicted molar refractivity (Wildman–Crippen MR) is 140 cm³/mol. The van der Waals surface area contributed by atoms with Gasteiger partial charge in [0.25, 0.3) is 0 Å². The second-order valence-corrected chi connectivity index (χ2v) is 9.77. The van der Waals surface area contributed by atoms with Crippen molar-refractivity contribution in [2.75, 3.05) is 12.3 Å². The molecule has 0 aliphatic heterocycles. The van der Waals surface area contributed by atoms with Crippen molar-refractivity contribution in [3.63, 3.8) is 0 Å². The molecule has 3 rings (SSSR count). The second kappa shape index (κ2) is 13.3. The number of rotatable bonds is 11. The van der Waals surface area contributed by atoms with E-state index in [9.17, 15) is 14.0 Å². The van der Waals surface area contributed by atoms with Gasteiger partial charge in [-0.3, -0.25) is 9.59 Å². The molecule has 7 heteroatoms. The van der Waals surface area contributed by atoms with E-state index >= 15 is 0 Å². The third-order valence-electron chi connectivity index (χ3n) is 5.30. The van der Waals surface area contributed by atoms with Gasteiger partial charge in [-0.05, 0) is 47.9 Å². The lowest BCUT2D eigenvalue weighted by molar-refractivity contribution is -0.139. The third-order valence-corrected chi connectivity index (χ3v) is 6.81. The summed E-state index contributed by atoms with van der Waals surface area (Å²) < 4.78 is 14.5. The van der Waals surface area contributed by atoms with Crippen molar-refractivity contribution in [1.82, 2.24) is 10.2 Å². The first kappa shape index (κ1) is 26.0. The van der Waals surface area contributed by atoms with Gasteiger partial charge in [-0.1, -0.05) is 70.5 Å². The number of nitrogens with one attached hydrogen (secondary N) is 1. The molecule has 178 valence electrons. The van der Waals surface area contributed by atoms with E-state index < -0.39 is 6.04 Å². The Kier molecular flexibility index (Phi) is 10.2. The van der Waals surface area contributed by atoms with Gasteiger partial charge in [0.2, 0.25) is 11.8 Å². The van der Waals surface area contributed by atoms with E-state index in [1.165, 1.54) is 23.9 Å². The van der Waals surface area contributed by atoms with E-state index in [0.29, 0.717) is 18.7 Å². The summed E-state index contributed by atoms with van der Waals surface area (Å²) in [4.78, 5) is 28.2. The molecule has 0 saturated carbocycles. The number of amides is 2. The first-order valence-electron chi connectivity index (χ1n) is 11.1. The molecule has 34 heavy (non-hydrogen) atoms. The van der Waals surface area contributed by atoms with Gasteiger partial charge < -0.3 is 10.2 Å². The second-order valence-electron chi connectivity index (χ2n) is 7.87. The minimum absolute atomic E-state index is 0.126. The Morgan fingerprint density at radius 2 is 1.59 bits per heavy atom. The van der Waals surface area contributed by atoms with Gasteiger partial charge in [0.05, 0.1) is 5.75 Å². The summed E-state index contributed by atoms with van der Waals surface area (Å²) in [6, 6.07) is 23.0. The Morgan fingerprint density at radius 3 is 2.24 bits per heavy atom. The van der Waals surface area contributed by atoms with Crippen molar-refractivity contribution in [2.24, 2.45) is 0 Å². The minimum atomic E-state index is -0.673. The highest BCUT2D eigenvalue weighted by molar-refractivity contribution is 9.10. The van der Waals surface area contributed by atoms with Gasteiger partial charge in [0.1, 0.15) is 11.9 Å². The smallest absolute Gasteiger partial charge is 0.243 e. The highest BCUT2D eigenvalue weighted by atomic mass is 79.9. The molecule has 0 aromatic heterocycles. The van der Waals surface area contributed by atoms with Crippen molar-refractivity contribution in [1.29, 1.82) is 0 Å². The molecule has 4 nitrogen and oxygen atoms in total. The Morgan fingerprint density at radius 1 is 0.941 bits per heavy atom. The largest absolute Gasteiger partial charge is 0.355 e. The summed E-state index contributed by atoms with van der Waals surface area (Å²) in [7, 11) is 0. The van der Waals surface area contributed by atoms with Gasteiger partial charge >= 0.3 is 0 Å². The first-order chi connectivity index (χ1) is 16.5. The summed E-state index contributed by atoms with van der Waals surface area (Å²) in [5.41, 5.74) is 2.86. The average Bonchev–Trinajstić information content (AvgIpc) is 2.84. The lowest BCUT2D eigenvalue weighted by atomic mass is 10.0. The van der Waals surface area contributed by atoms with Crippen LogP contribution in [0.5, 0.6) is 0 Å². The molecule has 3 aromatic carbocycles. The summed E-state index contributed by atoms with van der Waals surface area (Å²) in [5, 5.41) is 2.88. The third kappa shape index (κ3) is 7.99. The highest BCUT2D eigenvalue weighted by Gasteiger charge is 2.30. The zero-order chi connectivity index (χ0) is 24.3. The maximum absolute atomic E-state index is 13.5. The molecule has 0 bridgehead atoms. The van der Waals surface area contributed by atoms with Crippen LogP contribution in [0.3, 0.4) is 0 Å². The topological polar surface area (TPSA) is 49.4 Å². The molecular weight excluding hydrogens is 515 g/mol. The molecular formula is C27H28BrFN2O2S. The molecule has 0 saturated heterocycles. The Hall–Kier alpha value is -2.64. The molecule has 0 unspecified atom stereocenters. The number of thioether (sulfide) groups is 1. The summed E-state index contributed by atoms with van der Waals surface area (Å²) >= 11 is 4.94. The lowest BCUT2D eigenvalue weighted by Gasteiger charge is -2.31. The fourth-order valence-corrected chi connectivity index (χ4v) is 4.69. The number of carbonyl (C=O) groups is 2. The van der Waals surface area contributed by atoms with Crippen molar-refractivity contribution < 1.29 is 14.0 Å². The lowest BCUT2D eigenvalue weighted by Crippen LogP contribution is -2.51. The van der Waals surface area contributed by atoms with Crippen LogP contribution >= 0.6 is 27.7 Å². The number of likely N-dealkylation sites (N-methyl/N-ethyl adjacent to an activating group) is 1. The van der Waals surface area contributed by atoms with Crippen LogP contribution in [0.4, 0.5) is 4.39 Å². The molecule has 1 atom stereocenters. The molecule has 0 radical (unpaired) electrons. The van der Waals surface area contributed by atoms with Gasteiger partial charge in [-0.15, -0.1) is 11.8 Å². The van der Waals surface area contributed by atoms with Gasteiger partial charge in [0, 0.05) is 29.7 Å². The highest BCUT2D eigenvalue weighted by Crippen LogP contribution is 2.20. The molecule has 1 N–H and O–H groups in total. The van der Waals surface area contributed by atoms with Gasteiger partial charge in [-0.2, -0.15) is 0 Å².